The SMILES string of the molecule is C[C@H]1CN(c2ccc3ncc(Br)n3n2)C[C@H](C)O1. The molecule has 0 saturated carbocycles. The van der Waals surface area contributed by atoms with Crippen molar-refractivity contribution in [1.82, 2.24) is 14.6 Å². The number of imidazole rings is 1. The number of anilines is 1. The quantitative estimate of drug-likeness (QED) is 0.809. The zero-order chi connectivity index (χ0) is 12.7. The van der Waals surface area contributed by atoms with Gasteiger partial charge in [-0.3, -0.25) is 0 Å². The number of halogens is 1. The van der Waals surface area contributed by atoms with E-state index in [1.807, 2.05) is 12.1 Å². The lowest BCUT2D eigenvalue weighted by atomic mass is 10.2. The summed E-state index contributed by atoms with van der Waals surface area (Å²) in [5.41, 5.74) is 0.847. The first-order valence-corrected chi connectivity index (χ1v) is 6.83. The summed E-state index contributed by atoms with van der Waals surface area (Å²) >= 11 is 3.44. The fourth-order valence-electron chi connectivity index (χ4n) is 2.37. The molecule has 0 N–H and O–H groups in total. The highest BCUT2D eigenvalue weighted by atomic mass is 79.9. The van der Waals surface area contributed by atoms with Gasteiger partial charge in [0, 0.05) is 13.1 Å². The number of ether oxygens (including phenoxy) is 1. The van der Waals surface area contributed by atoms with E-state index < -0.39 is 0 Å². The van der Waals surface area contributed by atoms with Crippen molar-refractivity contribution in [3.8, 4) is 0 Å². The van der Waals surface area contributed by atoms with Crippen molar-refractivity contribution < 1.29 is 4.74 Å². The molecule has 1 aliphatic heterocycles. The van der Waals surface area contributed by atoms with Gasteiger partial charge in [-0.15, -0.1) is 5.10 Å². The molecule has 0 amide bonds. The van der Waals surface area contributed by atoms with Crippen LogP contribution in [-0.2, 0) is 4.74 Å². The molecular weight excluding hydrogens is 296 g/mol. The maximum atomic E-state index is 5.74. The Morgan fingerprint density at radius 1 is 1.28 bits per heavy atom. The fourth-order valence-corrected chi connectivity index (χ4v) is 2.73. The first kappa shape index (κ1) is 11.9. The fraction of sp³-hybridized carbons (Fsp3) is 0.500. The number of hydrogen-bond donors (Lipinski definition) is 0. The zero-order valence-corrected chi connectivity index (χ0v) is 12.0. The highest BCUT2D eigenvalue weighted by Gasteiger charge is 2.23. The lowest BCUT2D eigenvalue weighted by molar-refractivity contribution is -0.00551. The predicted octanol–water partition coefficient (Wildman–Crippen LogP) is 2.11. The molecular formula is C12H15BrN4O. The summed E-state index contributed by atoms with van der Waals surface area (Å²) in [5, 5.41) is 4.60. The lowest BCUT2D eigenvalue weighted by Gasteiger charge is -2.35. The first-order valence-electron chi connectivity index (χ1n) is 6.04. The second-order valence-corrected chi connectivity index (χ2v) is 5.52. The molecule has 0 bridgehead atoms. The van der Waals surface area contributed by atoms with Crippen LogP contribution in [0.3, 0.4) is 0 Å². The van der Waals surface area contributed by atoms with E-state index in [4.69, 9.17) is 4.74 Å². The van der Waals surface area contributed by atoms with Gasteiger partial charge in [-0.1, -0.05) is 0 Å². The molecule has 2 aromatic rings. The van der Waals surface area contributed by atoms with Crippen LogP contribution in [0.1, 0.15) is 13.8 Å². The van der Waals surface area contributed by atoms with E-state index in [2.05, 4.69) is 44.8 Å². The van der Waals surface area contributed by atoms with E-state index in [-0.39, 0.29) is 12.2 Å². The Bertz CT molecular complexity index is 560. The van der Waals surface area contributed by atoms with Crippen molar-refractivity contribution in [2.24, 2.45) is 0 Å². The van der Waals surface area contributed by atoms with Gasteiger partial charge in [-0.2, -0.15) is 0 Å². The second-order valence-electron chi connectivity index (χ2n) is 4.70. The Hall–Kier alpha value is -1.14. The van der Waals surface area contributed by atoms with E-state index in [0.717, 1.165) is 29.2 Å². The van der Waals surface area contributed by atoms with Crippen LogP contribution in [0.2, 0.25) is 0 Å². The summed E-state index contributed by atoms with van der Waals surface area (Å²) in [6, 6.07) is 4.00. The third kappa shape index (κ3) is 2.10. The standard InChI is InChI=1S/C12H15BrN4O/c1-8-6-16(7-9(2)18-8)12-4-3-11-14-5-10(13)17(11)15-12/h3-5,8-9H,6-7H2,1-2H3/t8-,9-/m0/s1. The molecule has 1 fully saturated rings. The summed E-state index contributed by atoms with van der Waals surface area (Å²) < 4.78 is 8.41. The van der Waals surface area contributed by atoms with E-state index >= 15 is 0 Å². The normalized spacial score (nSPS) is 24.7. The van der Waals surface area contributed by atoms with Gasteiger partial charge in [0.05, 0.1) is 18.4 Å². The minimum absolute atomic E-state index is 0.234. The molecule has 1 saturated heterocycles. The Morgan fingerprint density at radius 3 is 2.72 bits per heavy atom. The molecule has 6 heteroatoms. The Morgan fingerprint density at radius 2 is 2.00 bits per heavy atom. The lowest BCUT2D eigenvalue weighted by Crippen LogP contribution is -2.46. The molecule has 2 aromatic heterocycles. The van der Waals surface area contributed by atoms with Crippen molar-refractivity contribution in [3.05, 3.63) is 22.9 Å². The first-order chi connectivity index (χ1) is 8.63. The smallest absolute Gasteiger partial charge is 0.154 e. The highest BCUT2D eigenvalue weighted by Crippen LogP contribution is 2.20. The summed E-state index contributed by atoms with van der Waals surface area (Å²) in [6.45, 7) is 5.92. The Balaban J connectivity index is 1.95. The van der Waals surface area contributed by atoms with Crippen molar-refractivity contribution in [2.45, 2.75) is 26.1 Å². The van der Waals surface area contributed by atoms with Crippen molar-refractivity contribution in [1.29, 1.82) is 0 Å². The Labute approximate surface area is 114 Å². The molecule has 3 rings (SSSR count). The summed E-state index contributed by atoms with van der Waals surface area (Å²) in [4.78, 5) is 6.50. The van der Waals surface area contributed by atoms with Gasteiger partial charge in [-0.05, 0) is 41.9 Å². The summed E-state index contributed by atoms with van der Waals surface area (Å²) in [5.74, 6) is 0.961. The van der Waals surface area contributed by atoms with Gasteiger partial charge in [0.15, 0.2) is 5.65 Å². The van der Waals surface area contributed by atoms with Crippen LogP contribution in [0, 0.1) is 0 Å². The van der Waals surface area contributed by atoms with Gasteiger partial charge in [0.1, 0.15) is 10.4 Å². The van der Waals surface area contributed by atoms with Crippen LogP contribution in [0.25, 0.3) is 5.65 Å². The monoisotopic (exact) mass is 310 g/mol. The van der Waals surface area contributed by atoms with Gasteiger partial charge in [0.25, 0.3) is 0 Å². The van der Waals surface area contributed by atoms with Crippen LogP contribution in [0.15, 0.2) is 22.9 Å². The molecule has 0 aliphatic carbocycles. The van der Waals surface area contributed by atoms with Crippen molar-refractivity contribution in [3.63, 3.8) is 0 Å². The molecule has 0 unspecified atom stereocenters. The van der Waals surface area contributed by atoms with Gasteiger partial charge < -0.3 is 9.64 Å². The van der Waals surface area contributed by atoms with E-state index in [9.17, 15) is 0 Å². The molecule has 0 aromatic carbocycles. The van der Waals surface area contributed by atoms with Crippen LogP contribution in [-0.4, -0.2) is 39.9 Å². The molecule has 1 aliphatic rings. The summed E-state index contributed by atoms with van der Waals surface area (Å²) in [6.07, 6.45) is 2.23. The number of hydrogen-bond acceptors (Lipinski definition) is 4. The van der Waals surface area contributed by atoms with Crippen LogP contribution < -0.4 is 4.90 Å². The molecule has 0 spiro atoms. The number of rotatable bonds is 1. The number of aromatic nitrogens is 3. The number of morpholine rings is 1. The largest absolute Gasteiger partial charge is 0.372 e. The molecule has 0 radical (unpaired) electrons. The number of fused-ring (bicyclic) bond motifs is 1. The van der Waals surface area contributed by atoms with Crippen molar-refractivity contribution in [2.75, 3.05) is 18.0 Å². The minimum Gasteiger partial charge on any atom is -0.372 e. The third-order valence-corrected chi connectivity index (χ3v) is 3.59. The molecule has 96 valence electrons. The molecule has 2 atom stereocenters. The zero-order valence-electron chi connectivity index (χ0n) is 10.4. The average Bonchev–Trinajstić information content (AvgIpc) is 2.69. The maximum absolute atomic E-state index is 5.74. The van der Waals surface area contributed by atoms with Gasteiger partial charge >= 0.3 is 0 Å². The molecule has 5 nitrogen and oxygen atoms in total. The molecule has 3 heterocycles. The van der Waals surface area contributed by atoms with E-state index in [0.29, 0.717) is 0 Å². The highest BCUT2D eigenvalue weighted by molar-refractivity contribution is 9.10. The minimum atomic E-state index is 0.234. The Kier molecular flexibility index (Phi) is 2.99. The van der Waals surface area contributed by atoms with E-state index in [1.165, 1.54) is 0 Å². The number of nitrogens with zero attached hydrogens (tertiary/aromatic N) is 4. The average molecular weight is 311 g/mol. The second kappa shape index (κ2) is 4.51. The van der Waals surface area contributed by atoms with Gasteiger partial charge in [-0.25, -0.2) is 9.50 Å². The van der Waals surface area contributed by atoms with Crippen LogP contribution in [0.5, 0.6) is 0 Å². The van der Waals surface area contributed by atoms with Crippen molar-refractivity contribution >= 4 is 27.4 Å². The van der Waals surface area contributed by atoms with Crippen LogP contribution >= 0.6 is 15.9 Å². The maximum Gasteiger partial charge on any atom is 0.154 e. The van der Waals surface area contributed by atoms with E-state index in [1.54, 1.807) is 10.7 Å². The predicted molar refractivity (Wildman–Crippen MR) is 72.9 cm³/mol. The summed E-state index contributed by atoms with van der Waals surface area (Å²) in [7, 11) is 0. The topological polar surface area (TPSA) is 42.7 Å². The molecule has 18 heavy (non-hydrogen) atoms. The third-order valence-electron chi connectivity index (χ3n) is 3.05. The van der Waals surface area contributed by atoms with Gasteiger partial charge in [0.2, 0.25) is 0 Å². The van der Waals surface area contributed by atoms with Crippen LogP contribution in [0.4, 0.5) is 5.82 Å².